The summed E-state index contributed by atoms with van der Waals surface area (Å²) in [5.74, 6) is -0.845. The third kappa shape index (κ3) is 2.76. The number of aliphatic carboxylic acids is 1. The lowest BCUT2D eigenvalue weighted by atomic mass is 10.1. The number of anilines is 1. The summed E-state index contributed by atoms with van der Waals surface area (Å²) in [6.45, 7) is 2.84. The maximum atomic E-state index is 10.6. The summed E-state index contributed by atoms with van der Waals surface area (Å²) in [4.78, 5) is 17.0. The highest BCUT2D eigenvalue weighted by Gasteiger charge is 2.29. The van der Waals surface area contributed by atoms with Crippen LogP contribution in [0.25, 0.3) is 0 Å². The highest BCUT2D eigenvalue weighted by molar-refractivity contribution is 7.13. The molecule has 1 aliphatic rings. The Morgan fingerprint density at radius 1 is 1.76 bits per heavy atom. The van der Waals surface area contributed by atoms with E-state index in [1.165, 1.54) is 11.3 Å². The first-order chi connectivity index (χ1) is 8.08. The van der Waals surface area contributed by atoms with Gasteiger partial charge in [0.2, 0.25) is 0 Å². The molecule has 0 radical (unpaired) electrons. The SMILES string of the molecule is CC1OCCC1N(C)c1nc(CC(=O)O)cs1. The number of nitrogens with zero attached hydrogens (tertiary/aromatic N) is 2. The lowest BCUT2D eigenvalue weighted by molar-refractivity contribution is -0.136. The molecule has 0 aromatic carbocycles. The van der Waals surface area contributed by atoms with Crippen molar-refractivity contribution in [3.63, 3.8) is 0 Å². The second-order valence-electron chi connectivity index (χ2n) is 4.23. The third-order valence-corrected chi connectivity index (χ3v) is 3.99. The molecule has 0 saturated carbocycles. The van der Waals surface area contributed by atoms with Gasteiger partial charge < -0.3 is 14.7 Å². The molecule has 1 N–H and O–H groups in total. The van der Waals surface area contributed by atoms with E-state index in [1.807, 2.05) is 7.05 Å². The van der Waals surface area contributed by atoms with Crippen molar-refractivity contribution in [3.8, 4) is 0 Å². The molecule has 0 bridgehead atoms. The van der Waals surface area contributed by atoms with Crippen LogP contribution in [-0.4, -0.2) is 41.9 Å². The summed E-state index contributed by atoms with van der Waals surface area (Å²) in [7, 11) is 1.99. The van der Waals surface area contributed by atoms with E-state index in [0.717, 1.165) is 18.2 Å². The van der Waals surface area contributed by atoms with Crippen molar-refractivity contribution in [2.75, 3.05) is 18.6 Å². The van der Waals surface area contributed by atoms with Crippen molar-refractivity contribution in [1.29, 1.82) is 0 Å². The summed E-state index contributed by atoms with van der Waals surface area (Å²) in [5.41, 5.74) is 0.621. The van der Waals surface area contributed by atoms with Crippen LogP contribution in [0.4, 0.5) is 5.13 Å². The standard InChI is InChI=1S/C11H16N2O3S/c1-7-9(3-4-16-7)13(2)11-12-8(6-17-11)5-10(14)15/h6-7,9H,3-5H2,1-2H3,(H,14,15). The van der Waals surface area contributed by atoms with Crippen molar-refractivity contribution in [3.05, 3.63) is 11.1 Å². The quantitative estimate of drug-likeness (QED) is 0.882. The van der Waals surface area contributed by atoms with Gasteiger partial charge in [-0.15, -0.1) is 11.3 Å². The zero-order valence-corrected chi connectivity index (χ0v) is 10.7. The molecular weight excluding hydrogens is 240 g/mol. The van der Waals surface area contributed by atoms with Crippen LogP contribution in [0.15, 0.2) is 5.38 Å². The first-order valence-corrected chi connectivity index (χ1v) is 6.46. The first kappa shape index (κ1) is 12.3. The van der Waals surface area contributed by atoms with Crippen LogP contribution in [0.1, 0.15) is 19.0 Å². The lowest BCUT2D eigenvalue weighted by Gasteiger charge is -2.26. The fourth-order valence-corrected chi connectivity index (χ4v) is 2.91. The van der Waals surface area contributed by atoms with Gasteiger partial charge in [0, 0.05) is 19.0 Å². The van der Waals surface area contributed by atoms with Crippen LogP contribution in [-0.2, 0) is 16.0 Å². The molecule has 2 unspecified atom stereocenters. The largest absolute Gasteiger partial charge is 0.481 e. The summed E-state index contributed by atoms with van der Waals surface area (Å²) < 4.78 is 5.52. The molecule has 5 nitrogen and oxygen atoms in total. The van der Waals surface area contributed by atoms with Crippen LogP contribution in [0.2, 0.25) is 0 Å². The van der Waals surface area contributed by atoms with Gasteiger partial charge >= 0.3 is 5.97 Å². The second kappa shape index (κ2) is 5.01. The van der Waals surface area contributed by atoms with E-state index in [2.05, 4.69) is 16.8 Å². The zero-order valence-electron chi connectivity index (χ0n) is 9.92. The Bertz CT molecular complexity index is 407. The van der Waals surface area contributed by atoms with E-state index < -0.39 is 5.97 Å². The molecule has 1 saturated heterocycles. The number of likely N-dealkylation sites (N-methyl/N-ethyl adjacent to an activating group) is 1. The number of carboxylic acids is 1. The number of ether oxygens (including phenoxy) is 1. The normalized spacial score (nSPS) is 23.9. The number of hydrogen-bond acceptors (Lipinski definition) is 5. The highest BCUT2D eigenvalue weighted by Crippen LogP contribution is 2.27. The van der Waals surface area contributed by atoms with E-state index in [0.29, 0.717) is 11.7 Å². The number of thiazole rings is 1. The summed E-state index contributed by atoms with van der Waals surface area (Å²) in [6.07, 6.45) is 1.18. The molecule has 94 valence electrons. The van der Waals surface area contributed by atoms with E-state index in [9.17, 15) is 4.79 Å². The Labute approximate surface area is 104 Å². The number of carboxylic acid groups (broad SMARTS) is 1. The summed E-state index contributed by atoms with van der Waals surface area (Å²) >= 11 is 1.48. The smallest absolute Gasteiger partial charge is 0.309 e. The monoisotopic (exact) mass is 256 g/mol. The number of aromatic nitrogens is 1. The van der Waals surface area contributed by atoms with E-state index in [4.69, 9.17) is 9.84 Å². The van der Waals surface area contributed by atoms with Crippen LogP contribution in [0, 0.1) is 0 Å². The van der Waals surface area contributed by atoms with E-state index >= 15 is 0 Å². The average molecular weight is 256 g/mol. The number of hydrogen-bond donors (Lipinski definition) is 1. The minimum atomic E-state index is -0.845. The number of rotatable bonds is 4. The zero-order chi connectivity index (χ0) is 12.4. The maximum Gasteiger partial charge on any atom is 0.309 e. The molecule has 0 amide bonds. The fourth-order valence-electron chi connectivity index (χ4n) is 2.07. The molecule has 0 spiro atoms. The molecule has 2 rings (SSSR count). The van der Waals surface area contributed by atoms with Gasteiger partial charge in [0.25, 0.3) is 0 Å². The van der Waals surface area contributed by atoms with Gasteiger partial charge in [-0.25, -0.2) is 4.98 Å². The van der Waals surface area contributed by atoms with Crippen molar-refractivity contribution in [2.24, 2.45) is 0 Å². The molecule has 1 aliphatic heterocycles. The average Bonchev–Trinajstić information content (AvgIpc) is 2.85. The predicted octanol–water partition coefficient (Wildman–Crippen LogP) is 1.38. The minimum absolute atomic E-state index is 0.0128. The van der Waals surface area contributed by atoms with E-state index in [1.54, 1.807) is 5.38 Å². The van der Waals surface area contributed by atoms with Crippen LogP contribution in [0.3, 0.4) is 0 Å². The Morgan fingerprint density at radius 2 is 2.53 bits per heavy atom. The van der Waals surface area contributed by atoms with Crippen molar-refractivity contribution in [1.82, 2.24) is 4.98 Å². The van der Waals surface area contributed by atoms with Gasteiger partial charge in [-0.2, -0.15) is 0 Å². The van der Waals surface area contributed by atoms with Gasteiger partial charge in [0.05, 0.1) is 24.3 Å². The van der Waals surface area contributed by atoms with Crippen molar-refractivity contribution >= 4 is 22.4 Å². The third-order valence-electron chi connectivity index (χ3n) is 3.01. The molecule has 6 heteroatoms. The van der Waals surface area contributed by atoms with Crippen LogP contribution >= 0.6 is 11.3 Å². The molecule has 2 heterocycles. The van der Waals surface area contributed by atoms with E-state index in [-0.39, 0.29) is 12.5 Å². The minimum Gasteiger partial charge on any atom is -0.481 e. The molecule has 17 heavy (non-hydrogen) atoms. The van der Waals surface area contributed by atoms with Crippen molar-refractivity contribution in [2.45, 2.75) is 31.9 Å². The Kier molecular flexibility index (Phi) is 3.63. The van der Waals surface area contributed by atoms with Crippen LogP contribution < -0.4 is 4.90 Å². The first-order valence-electron chi connectivity index (χ1n) is 5.58. The van der Waals surface area contributed by atoms with Gasteiger partial charge in [0.1, 0.15) is 0 Å². The molecule has 1 aromatic heterocycles. The lowest BCUT2D eigenvalue weighted by Crippen LogP contribution is -2.36. The highest BCUT2D eigenvalue weighted by atomic mass is 32.1. The van der Waals surface area contributed by atoms with Crippen molar-refractivity contribution < 1.29 is 14.6 Å². The molecule has 0 aliphatic carbocycles. The Morgan fingerprint density at radius 3 is 3.12 bits per heavy atom. The van der Waals surface area contributed by atoms with Gasteiger partial charge in [-0.3, -0.25) is 4.79 Å². The van der Waals surface area contributed by atoms with Crippen LogP contribution in [0.5, 0.6) is 0 Å². The topological polar surface area (TPSA) is 62.7 Å². The molecular formula is C11H16N2O3S. The number of carbonyl (C=O) groups is 1. The molecule has 1 aromatic rings. The molecule has 1 fully saturated rings. The van der Waals surface area contributed by atoms with Gasteiger partial charge in [-0.05, 0) is 13.3 Å². The maximum absolute atomic E-state index is 10.6. The molecule has 2 atom stereocenters. The Balaban J connectivity index is 2.06. The van der Waals surface area contributed by atoms with Gasteiger partial charge in [-0.1, -0.05) is 0 Å². The predicted molar refractivity (Wildman–Crippen MR) is 65.7 cm³/mol. The Hall–Kier alpha value is -1.14. The van der Waals surface area contributed by atoms with Gasteiger partial charge in [0.15, 0.2) is 5.13 Å². The fraction of sp³-hybridized carbons (Fsp3) is 0.636. The summed E-state index contributed by atoms with van der Waals surface area (Å²) in [5, 5.41) is 11.4. The summed E-state index contributed by atoms with van der Waals surface area (Å²) in [6, 6.07) is 0.332. The second-order valence-corrected chi connectivity index (χ2v) is 5.07.